The third-order valence-corrected chi connectivity index (χ3v) is 4.19. The molecule has 1 aliphatic carbocycles. The van der Waals surface area contributed by atoms with Crippen LogP contribution in [0.2, 0.25) is 0 Å². The van der Waals surface area contributed by atoms with Gasteiger partial charge in [-0.25, -0.2) is 4.39 Å². The smallest absolute Gasteiger partial charge is 0.126 e. The van der Waals surface area contributed by atoms with Crippen LogP contribution in [0.5, 0.6) is 0 Å². The Morgan fingerprint density at radius 1 is 1.15 bits per heavy atom. The third-order valence-electron chi connectivity index (χ3n) is 4.19. The summed E-state index contributed by atoms with van der Waals surface area (Å²) < 4.78 is 13.8. The third kappa shape index (κ3) is 2.25. The molecule has 0 radical (unpaired) electrons. The number of aliphatic hydroxyl groups is 1. The van der Waals surface area contributed by atoms with Gasteiger partial charge in [0.2, 0.25) is 0 Å². The van der Waals surface area contributed by atoms with Gasteiger partial charge in [-0.05, 0) is 49.4 Å². The molecular formula is C18H19FO. The zero-order valence-electron chi connectivity index (χ0n) is 11.9. The van der Waals surface area contributed by atoms with Crippen LogP contribution < -0.4 is 0 Å². The van der Waals surface area contributed by atoms with Gasteiger partial charge in [-0.3, -0.25) is 0 Å². The van der Waals surface area contributed by atoms with Crippen LogP contribution in [0, 0.1) is 19.7 Å². The lowest BCUT2D eigenvalue weighted by Crippen LogP contribution is -2.25. The van der Waals surface area contributed by atoms with Crippen LogP contribution in [0.15, 0.2) is 36.4 Å². The highest BCUT2D eigenvalue weighted by Gasteiger charge is 2.38. The SMILES string of the molecule is Cc1cc(C)cc(CC2(O)CCc3c(F)cccc32)c1. The van der Waals surface area contributed by atoms with Crippen molar-refractivity contribution in [3.63, 3.8) is 0 Å². The fourth-order valence-corrected chi connectivity index (χ4v) is 3.41. The molecule has 0 bridgehead atoms. The molecule has 0 heterocycles. The Kier molecular flexibility index (Phi) is 3.14. The van der Waals surface area contributed by atoms with E-state index in [1.54, 1.807) is 6.07 Å². The van der Waals surface area contributed by atoms with E-state index in [4.69, 9.17) is 0 Å². The van der Waals surface area contributed by atoms with E-state index in [1.807, 2.05) is 6.07 Å². The average molecular weight is 270 g/mol. The lowest BCUT2D eigenvalue weighted by molar-refractivity contribution is 0.0389. The molecule has 2 aromatic carbocycles. The molecule has 3 rings (SSSR count). The summed E-state index contributed by atoms with van der Waals surface area (Å²) in [5, 5.41) is 10.9. The van der Waals surface area contributed by atoms with Gasteiger partial charge in [0.25, 0.3) is 0 Å². The summed E-state index contributed by atoms with van der Waals surface area (Å²) in [7, 11) is 0. The summed E-state index contributed by atoms with van der Waals surface area (Å²) in [4.78, 5) is 0. The van der Waals surface area contributed by atoms with Gasteiger partial charge >= 0.3 is 0 Å². The van der Waals surface area contributed by atoms with E-state index in [1.165, 1.54) is 17.2 Å². The first-order chi connectivity index (χ1) is 9.48. The van der Waals surface area contributed by atoms with Gasteiger partial charge in [0.05, 0.1) is 5.60 Å². The maximum absolute atomic E-state index is 13.8. The molecule has 1 unspecified atom stereocenters. The topological polar surface area (TPSA) is 20.2 Å². The molecule has 0 saturated carbocycles. The minimum Gasteiger partial charge on any atom is -0.385 e. The molecule has 0 saturated heterocycles. The Balaban J connectivity index is 1.98. The molecule has 0 spiro atoms. The highest BCUT2D eigenvalue weighted by atomic mass is 19.1. The van der Waals surface area contributed by atoms with Gasteiger partial charge in [-0.2, -0.15) is 0 Å². The fourth-order valence-electron chi connectivity index (χ4n) is 3.41. The molecule has 1 N–H and O–H groups in total. The average Bonchev–Trinajstić information content (AvgIpc) is 2.67. The van der Waals surface area contributed by atoms with Crippen molar-refractivity contribution < 1.29 is 9.50 Å². The van der Waals surface area contributed by atoms with Gasteiger partial charge in [-0.1, -0.05) is 41.5 Å². The monoisotopic (exact) mass is 270 g/mol. The van der Waals surface area contributed by atoms with Crippen molar-refractivity contribution in [2.75, 3.05) is 0 Å². The van der Waals surface area contributed by atoms with Gasteiger partial charge < -0.3 is 5.11 Å². The van der Waals surface area contributed by atoms with Crippen molar-refractivity contribution in [3.05, 3.63) is 70.0 Å². The highest BCUT2D eigenvalue weighted by molar-refractivity contribution is 5.40. The second kappa shape index (κ2) is 4.71. The first-order valence-electron chi connectivity index (χ1n) is 7.05. The summed E-state index contributed by atoms with van der Waals surface area (Å²) in [5.41, 5.74) is 4.01. The van der Waals surface area contributed by atoms with Crippen molar-refractivity contribution in [2.24, 2.45) is 0 Å². The normalized spacial score (nSPS) is 21.0. The van der Waals surface area contributed by atoms with E-state index in [-0.39, 0.29) is 5.82 Å². The molecule has 0 fully saturated rings. The van der Waals surface area contributed by atoms with E-state index < -0.39 is 5.60 Å². The largest absolute Gasteiger partial charge is 0.385 e. The molecule has 1 atom stereocenters. The summed E-state index contributed by atoms with van der Waals surface area (Å²) >= 11 is 0. The van der Waals surface area contributed by atoms with Crippen LogP contribution in [0.1, 0.15) is 34.2 Å². The van der Waals surface area contributed by atoms with E-state index in [0.717, 1.165) is 11.1 Å². The Bertz CT molecular complexity index is 642. The number of rotatable bonds is 2. The minimum absolute atomic E-state index is 0.196. The molecule has 1 nitrogen and oxygen atoms in total. The molecule has 104 valence electrons. The molecule has 20 heavy (non-hydrogen) atoms. The van der Waals surface area contributed by atoms with Crippen molar-refractivity contribution in [3.8, 4) is 0 Å². The Morgan fingerprint density at radius 3 is 2.55 bits per heavy atom. The summed E-state index contributed by atoms with van der Waals surface area (Å²) in [6.07, 6.45) is 1.76. The van der Waals surface area contributed by atoms with Gasteiger partial charge in [0, 0.05) is 6.42 Å². The first-order valence-corrected chi connectivity index (χ1v) is 7.05. The summed E-state index contributed by atoms with van der Waals surface area (Å²) in [6, 6.07) is 11.3. The van der Waals surface area contributed by atoms with Crippen LogP contribution in [0.25, 0.3) is 0 Å². The van der Waals surface area contributed by atoms with E-state index in [2.05, 4.69) is 32.0 Å². The second-order valence-corrected chi connectivity index (χ2v) is 5.97. The minimum atomic E-state index is -0.933. The summed E-state index contributed by atoms with van der Waals surface area (Å²) in [6.45, 7) is 4.12. The van der Waals surface area contributed by atoms with E-state index >= 15 is 0 Å². The maximum atomic E-state index is 13.8. The number of hydrogen-bond donors (Lipinski definition) is 1. The van der Waals surface area contributed by atoms with Crippen LogP contribution in [-0.2, 0) is 18.4 Å². The second-order valence-electron chi connectivity index (χ2n) is 5.97. The number of aryl methyl sites for hydroxylation is 2. The number of halogens is 1. The maximum Gasteiger partial charge on any atom is 0.126 e. The zero-order chi connectivity index (χ0) is 14.3. The lowest BCUT2D eigenvalue weighted by Gasteiger charge is -2.24. The molecule has 0 aromatic heterocycles. The Labute approximate surface area is 119 Å². The van der Waals surface area contributed by atoms with Crippen LogP contribution in [0.4, 0.5) is 4.39 Å². The molecule has 2 heteroatoms. The van der Waals surface area contributed by atoms with Crippen molar-refractivity contribution in [2.45, 2.75) is 38.7 Å². The van der Waals surface area contributed by atoms with E-state index in [0.29, 0.717) is 24.8 Å². The van der Waals surface area contributed by atoms with Crippen LogP contribution in [0.3, 0.4) is 0 Å². The Hall–Kier alpha value is -1.67. The predicted molar refractivity (Wildman–Crippen MR) is 78.2 cm³/mol. The number of benzene rings is 2. The van der Waals surface area contributed by atoms with Crippen molar-refractivity contribution >= 4 is 0 Å². The predicted octanol–water partition coefficient (Wildman–Crippen LogP) is 3.82. The molecular weight excluding hydrogens is 251 g/mol. The zero-order valence-corrected chi connectivity index (χ0v) is 11.9. The van der Waals surface area contributed by atoms with Gasteiger partial charge in [0.15, 0.2) is 0 Å². The number of hydrogen-bond acceptors (Lipinski definition) is 1. The molecule has 1 aliphatic rings. The fraction of sp³-hybridized carbons (Fsp3) is 0.333. The van der Waals surface area contributed by atoms with E-state index in [9.17, 15) is 9.50 Å². The van der Waals surface area contributed by atoms with Crippen molar-refractivity contribution in [1.29, 1.82) is 0 Å². The number of fused-ring (bicyclic) bond motifs is 1. The molecule has 2 aromatic rings. The summed E-state index contributed by atoms with van der Waals surface area (Å²) in [5.74, 6) is -0.196. The van der Waals surface area contributed by atoms with Gasteiger partial charge in [0.1, 0.15) is 5.82 Å². The van der Waals surface area contributed by atoms with Gasteiger partial charge in [-0.15, -0.1) is 0 Å². The molecule has 0 amide bonds. The quantitative estimate of drug-likeness (QED) is 0.879. The highest BCUT2D eigenvalue weighted by Crippen LogP contribution is 2.40. The van der Waals surface area contributed by atoms with Crippen molar-refractivity contribution in [1.82, 2.24) is 0 Å². The lowest BCUT2D eigenvalue weighted by atomic mass is 9.88. The first kappa shape index (κ1) is 13.3. The Morgan fingerprint density at radius 2 is 1.85 bits per heavy atom. The molecule has 0 aliphatic heterocycles. The standard InChI is InChI=1S/C18H19FO/c1-12-8-13(2)10-14(9-12)11-18(20)7-6-15-16(18)4-3-5-17(15)19/h3-5,8-10,20H,6-7,11H2,1-2H3. The van der Waals surface area contributed by atoms with Crippen LogP contribution in [-0.4, -0.2) is 5.11 Å². The van der Waals surface area contributed by atoms with Crippen LogP contribution >= 0.6 is 0 Å².